The van der Waals surface area contributed by atoms with E-state index in [9.17, 15) is 0 Å². The summed E-state index contributed by atoms with van der Waals surface area (Å²) in [6.07, 6.45) is 5.80. The van der Waals surface area contributed by atoms with Gasteiger partial charge in [-0.1, -0.05) is 12.1 Å². The number of nitrogens with zero attached hydrogens (tertiary/aromatic N) is 6. The van der Waals surface area contributed by atoms with Crippen molar-refractivity contribution in [2.24, 2.45) is 12.0 Å². The maximum atomic E-state index is 5.96. The fraction of sp³-hybridized carbons (Fsp3) is 0.450. The average molecular weight is 381 g/mol. The fourth-order valence-corrected chi connectivity index (χ4v) is 3.53. The second-order valence-electron chi connectivity index (χ2n) is 6.92. The minimum atomic E-state index is 0.0175. The van der Waals surface area contributed by atoms with Crippen LogP contribution >= 0.6 is 0 Å². The number of imidazole rings is 1. The van der Waals surface area contributed by atoms with Gasteiger partial charge in [-0.05, 0) is 19.1 Å². The molecule has 148 valence electrons. The van der Waals surface area contributed by atoms with Gasteiger partial charge in [0, 0.05) is 38.4 Å². The maximum Gasteiger partial charge on any atom is 0.194 e. The van der Waals surface area contributed by atoms with Gasteiger partial charge in [0.25, 0.3) is 0 Å². The van der Waals surface area contributed by atoms with Crippen LogP contribution in [-0.2, 0) is 18.3 Å². The van der Waals surface area contributed by atoms with E-state index < -0.39 is 0 Å². The summed E-state index contributed by atoms with van der Waals surface area (Å²) >= 11 is 0. The first-order valence-electron chi connectivity index (χ1n) is 9.78. The highest BCUT2D eigenvalue weighted by Crippen LogP contribution is 2.21. The van der Waals surface area contributed by atoms with Crippen molar-refractivity contribution in [2.75, 3.05) is 32.8 Å². The Morgan fingerprint density at radius 2 is 2.25 bits per heavy atom. The van der Waals surface area contributed by atoms with Crippen LogP contribution in [0.3, 0.4) is 0 Å². The van der Waals surface area contributed by atoms with Gasteiger partial charge >= 0.3 is 0 Å². The number of rotatable bonds is 5. The maximum absolute atomic E-state index is 5.96. The van der Waals surface area contributed by atoms with Crippen molar-refractivity contribution < 1.29 is 4.74 Å². The van der Waals surface area contributed by atoms with E-state index in [-0.39, 0.29) is 6.10 Å². The molecule has 1 aromatic carbocycles. The monoisotopic (exact) mass is 381 g/mol. The summed E-state index contributed by atoms with van der Waals surface area (Å²) in [6, 6.07) is 8.18. The van der Waals surface area contributed by atoms with E-state index in [0.717, 1.165) is 48.7 Å². The molecule has 3 heterocycles. The van der Waals surface area contributed by atoms with Crippen molar-refractivity contribution in [3.05, 3.63) is 48.5 Å². The van der Waals surface area contributed by atoms with Gasteiger partial charge in [0.05, 0.1) is 43.3 Å². The molecule has 8 heteroatoms. The molecule has 0 aliphatic carbocycles. The molecule has 0 saturated carbocycles. The van der Waals surface area contributed by atoms with Crippen LogP contribution in [0.25, 0.3) is 11.0 Å². The average Bonchev–Trinajstić information content (AvgIpc) is 3.34. The van der Waals surface area contributed by atoms with Gasteiger partial charge in [0.1, 0.15) is 6.10 Å². The topological polar surface area (TPSA) is 72.5 Å². The van der Waals surface area contributed by atoms with E-state index in [1.807, 2.05) is 48.6 Å². The Balaban J connectivity index is 1.43. The lowest BCUT2D eigenvalue weighted by molar-refractivity contribution is -0.00804. The lowest BCUT2D eigenvalue weighted by atomic mass is 10.1. The molecule has 2 aromatic heterocycles. The molecule has 1 aliphatic rings. The summed E-state index contributed by atoms with van der Waals surface area (Å²) in [5, 5.41) is 7.69. The molecule has 1 aliphatic heterocycles. The number of benzene rings is 1. The van der Waals surface area contributed by atoms with Gasteiger partial charge in [0.15, 0.2) is 5.96 Å². The Bertz CT molecular complexity index is 945. The van der Waals surface area contributed by atoms with Crippen LogP contribution in [0.2, 0.25) is 0 Å². The summed E-state index contributed by atoms with van der Waals surface area (Å²) < 4.78 is 9.92. The summed E-state index contributed by atoms with van der Waals surface area (Å²) in [7, 11) is 1.93. The minimum absolute atomic E-state index is 0.0175. The van der Waals surface area contributed by atoms with E-state index in [2.05, 4.69) is 37.9 Å². The zero-order valence-corrected chi connectivity index (χ0v) is 16.5. The number of fused-ring (bicyclic) bond motifs is 1. The van der Waals surface area contributed by atoms with Gasteiger partial charge in [0.2, 0.25) is 0 Å². The molecule has 1 saturated heterocycles. The van der Waals surface area contributed by atoms with Crippen molar-refractivity contribution in [1.29, 1.82) is 0 Å². The standard InChI is InChI=1S/C20H27N7O/c1-3-21-20(22-8-9-27-15-23-17-6-4-5-7-18(17)27)26-10-11-28-19(14-26)16-12-24-25(2)13-16/h4-7,12-13,15,19H,3,8-11,14H2,1-2H3,(H,21,22). The Morgan fingerprint density at radius 1 is 1.36 bits per heavy atom. The Morgan fingerprint density at radius 3 is 3.07 bits per heavy atom. The summed E-state index contributed by atoms with van der Waals surface area (Å²) in [4.78, 5) is 11.6. The van der Waals surface area contributed by atoms with E-state index >= 15 is 0 Å². The minimum Gasteiger partial charge on any atom is -0.370 e. The Labute approximate surface area is 164 Å². The summed E-state index contributed by atoms with van der Waals surface area (Å²) in [6.45, 7) is 6.70. The zero-order chi connectivity index (χ0) is 19.3. The number of aromatic nitrogens is 4. The number of guanidine groups is 1. The fourth-order valence-electron chi connectivity index (χ4n) is 3.53. The molecule has 1 atom stereocenters. The van der Waals surface area contributed by atoms with Gasteiger partial charge in [-0.15, -0.1) is 0 Å². The largest absolute Gasteiger partial charge is 0.370 e. The van der Waals surface area contributed by atoms with Crippen LogP contribution < -0.4 is 5.32 Å². The number of aryl methyl sites for hydroxylation is 1. The second kappa shape index (κ2) is 8.43. The molecular weight excluding hydrogens is 354 g/mol. The first-order chi connectivity index (χ1) is 13.7. The smallest absolute Gasteiger partial charge is 0.194 e. The zero-order valence-electron chi connectivity index (χ0n) is 16.5. The van der Waals surface area contributed by atoms with Gasteiger partial charge in [-0.25, -0.2) is 4.98 Å². The van der Waals surface area contributed by atoms with Crippen molar-refractivity contribution >= 4 is 17.0 Å². The molecule has 0 radical (unpaired) electrons. The van der Waals surface area contributed by atoms with Crippen LogP contribution in [0.4, 0.5) is 0 Å². The van der Waals surface area contributed by atoms with Crippen molar-refractivity contribution in [2.45, 2.75) is 19.6 Å². The van der Waals surface area contributed by atoms with Gasteiger partial charge < -0.3 is 19.5 Å². The number of morpholine rings is 1. The van der Waals surface area contributed by atoms with Gasteiger partial charge in [-0.2, -0.15) is 5.10 Å². The molecule has 0 bridgehead atoms. The Hall–Kier alpha value is -2.87. The number of aliphatic imine (C=N–C) groups is 1. The summed E-state index contributed by atoms with van der Waals surface area (Å²) in [5.74, 6) is 0.934. The highest BCUT2D eigenvalue weighted by molar-refractivity contribution is 5.80. The normalized spacial score (nSPS) is 18.0. The highest BCUT2D eigenvalue weighted by atomic mass is 16.5. The number of ether oxygens (including phenoxy) is 1. The van der Waals surface area contributed by atoms with Crippen molar-refractivity contribution in [1.82, 2.24) is 29.5 Å². The molecule has 1 fully saturated rings. The van der Waals surface area contributed by atoms with E-state index in [1.54, 1.807) is 0 Å². The van der Waals surface area contributed by atoms with E-state index in [1.165, 1.54) is 0 Å². The third-order valence-corrected chi connectivity index (χ3v) is 4.93. The van der Waals surface area contributed by atoms with E-state index in [0.29, 0.717) is 13.2 Å². The molecule has 3 aromatic rings. The second-order valence-corrected chi connectivity index (χ2v) is 6.92. The lowest BCUT2D eigenvalue weighted by Crippen LogP contribution is -2.48. The van der Waals surface area contributed by atoms with Crippen LogP contribution in [0.5, 0.6) is 0 Å². The first-order valence-corrected chi connectivity index (χ1v) is 9.78. The molecular formula is C20H27N7O. The summed E-state index contributed by atoms with van der Waals surface area (Å²) in [5.41, 5.74) is 3.27. The molecule has 8 nitrogen and oxygen atoms in total. The lowest BCUT2D eigenvalue weighted by Gasteiger charge is -2.34. The van der Waals surface area contributed by atoms with Crippen LogP contribution in [0.15, 0.2) is 48.0 Å². The number of para-hydroxylation sites is 2. The SMILES string of the molecule is CCNC(=NCCn1cnc2ccccc21)N1CCOC(c2cnn(C)c2)C1. The molecule has 0 spiro atoms. The third kappa shape index (κ3) is 4.01. The van der Waals surface area contributed by atoms with E-state index in [4.69, 9.17) is 9.73 Å². The Kier molecular flexibility index (Phi) is 5.57. The van der Waals surface area contributed by atoms with Crippen LogP contribution in [0, 0.1) is 0 Å². The van der Waals surface area contributed by atoms with Gasteiger partial charge in [-0.3, -0.25) is 9.67 Å². The number of nitrogens with one attached hydrogen (secondary N) is 1. The number of hydrogen-bond donors (Lipinski definition) is 1. The quantitative estimate of drug-likeness (QED) is 0.539. The van der Waals surface area contributed by atoms with Crippen LogP contribution in [-0.4, -0.2) is 63.0 Å². The molecule has 4 rings (SSSR count). The van der Waals surface area contributed by atoms with Crippen LogP contribution in [0.1, 0.15) is 18.6 Å². The predicted molar refractivity (Wildman–Crippen MR) is 109 cm³/mol. The van der Waals surface area contributed by atoms with Crippen molar-refractivity contribution in [3.63, 3.8) is 0 Å². The molecule has 28 heavy (non-hydrogen) atoms. The third-order valence-electron chi connectivity index (χ3n) is 4.93. The molecule has 0 amide bonds. The first kappa shape index (κ1) is 18.5. The molecule has 1 unspecified atom stereocenters. The molecule has 1 N–H and O–H groups in total. The predicted octanol–water partition coefficient (Wildman–Crippen LogP) is 1.81. The van der Waals surface area contributed by atoms with Crippen molar-refractivity contribution in [3.8, 4) is 0 Å². The number of hydrogen-bond acceptors (Lipinski definition) is 4. The highest BCUT2D eigenvalue weighted by Gasteiger charge is 2.25.